The van der Waals surface area contributed by atoms with E-state index in [4.69, 9.17) is 16.3 Å². The summed E-state index contributed by atoms with van der Waals surface area (Å²) in [7, 11) is 1.30. The molecule has 0 radical (unpaired) electrons. The van der Waals surface area contributed by atoms with Crippen LogP contribution < -0.4 is 4.74 Å². The molecule has 0 heterocycles. The Balaban J connectivity index is 2.26. The molecule has 0 aromatic heterocycles. The van der Waals surface area contributed by atoms with Crippen molar-refractivity contribution in [2.24, 2.45) is 0 Å². The molecule has 17 heavy (non-hydrogen) atoms. The maximum atomic E-state index is 11.2. The van der Waals surface area contributed by atoms with E-state index in [9.17, 15) is 4.79 Å². The van der Waals surface area contributed by atoms with Gasteiger partial charge in [0.25, 0.3) is 0 Å². The highest BCUT2D eigenvalue weighted by Crippen LogP contribution is 2.39. The van der Waals surface area contributed by atoms with Gasteiger partial charge in [-0.3, -0.25) is 0 Å². The van der Waals surface area contributed by atoms with Crippen molar-refractivity contribution < 1.29 is 14.3 Å². The SMILES string of the molecule is COC(=O)Oc1ccc(Cl)cc1C1CCCC1. The van der Waals surface area contributed by atoms with Gasteiger partial charge in [-0.05, 0) is 42.5 Å². The molecule has 2 rings (SSSR count). The average Bonchev–Trinajstić information content (AvgIpc) is 2.84. The Bertz CT molecular complexity index is 411. The minimum Gasteiger partial charge on any atom is -0.437 e. The molecule has 1 aromatic rings. The fourth-order valence-corrected chi connectivity index (χ4v) is 2.48. The number of methoxy groups -OCH3 is 1. The lowest BCUT2D eigenvalue weighted by Crippen LogP contribution is -2.09. The van der Waals surface area contributed by atoms with Gasteiger partial charge in [0.2, 0.25) is 0 Å². The zero-order valence-corrected chi connectivity index (χ0v) is 10.5. The molecule has 1 aromatic carbocycles. The number of benzene rings is 1. The van der Waals surface area contributed by atoms with Crippen molar-refractivity contribution in [3.63, 3.8) is 0 Å². The lowest BCUT2D eigenvalue weighted by molar-refractivity contribution is 0.121. The van der Waals surface area contributed by atoms with Crippen molar-refractivity contribution in [1.29, 1.82) is 0 Å². The van der Waals surface area contributed by atoms with Gasteiger partial charge in [0.1, 0.15) is 5.75 Å². The number of halogens is 1. The van der Waals surface area contributed by atoms with Crippen molar-refractivity contribution in [2.45, 2.75) is 31.6 Å². The van der Waals surface area contributed by atoms with Crippen LogP contribution in [-0.4, -0.2) is 13.3 Å². The first-order valence-corrected chi connectivity index (χ1v) is 6.13. The number of hydrogen-bond donors (Lipinski definition) is 0. The van der Waals surface area contributed by atoms with E-state index in [2.05, 4.69) is 4.74 Å². The molecular formula is C13H15ClO3. The quantitative estimate of drug-likeness (QED) is 0.588. The van der Waals surface area contributed by atoms with Crippen molar-refractivity contribution in [3.05, 3.63) is 28.8 Å². The number of carbonyl (C=O) groups is 1. The van der Waals surface area contributed by atoms with Crippen LogP contribution in [0.3, 0.4) is 0 Å². The number of rotatable bonds is 2. The summed E-state index contributed by atoms with van der Waals surface area (Å²) in [6.07, 6.45) is 3.99. The molecule has 0 atom stereocenters. The fourth-order valence-electron chi connectivity index (χ4n) is 2.30. The van der Waals surface area contributed by atoms with Gasteiger partial charge in [-0.15, -0.1) is 0 Å². The number of ether oxygens (including phenoxy) is 2. The second-order valence-corrected chi connectivity index (χ2v) is 4.66. The summed E-state index contributed by atoms with van der Waals surface area (Å²) < 4.78 is 9.65. The topological polar surface area (TPSA) is 35.5 Å². The molecule has 0 amide bonds. The van der Waals surface area contributed by atoms with Gasteiger partial charge < -0.3 is 9.47 Å². The minimum absolute atomic E-state index is 0.438. The summed E-state index contributed by atoms with van der Waals surface area (Å²) in [6.45, 7) is 0. The third kappa shape index (κ3) is 2.91. The Labute approximate surface area is 106 Å². The second-order valence-electron chi connectivity index (χ2n) is 4.22. The molecule has 3 nitrogen and oxygen atoms in total. The summed E-state index contributed by atoms with van der Waals surface area (Å²) in [5, 5.41) is 0.670. The van der Waals surface area contributed by atoms with E-state index in [1.54, 1.807) is 12.1 Å². The molecule has 1 aliphatic carbocycles. The lowest BCUT2D eigenvalue weighted by Gasteiger charge is -2.14. The second kappa shape index (κ2) is 5.41. The average molecular weight is 255 g/mol. The Hall–Kier alpha value is -1.22. The van der Waals surface area contributed by atoms with Gasteiger partial charge in [-0.2, -0.15) is 0 Å². The molecule has 1 saturated carbocycles. The molecule has 0 spiro atoms. The first kappa shape index (κ1) is 12.2. The Kier molecular flexibility index (Phi) is 3.89. The normalized spacial score (nSPS) is 15.9. The van der Waals surface area contributed by atoms with Crippen LogP contribution in [-0.2, 0) is 4.74 Å². The summed E-state index contributed by atoms with van der Waals surface area (Å²) >= 11 is 5.99. The van der Waals surface area contributed by atoms with Crippen LogP contribution in [0.5, 0.6) is 5.75 Å². The largest absolute Gasteiger partial charge is 0.513 e. The predicted molar refractivity (Wildman–Crippen MR) is 65.7 cm³/mol. The standard InChI is InChI=1S/C13H15ClO3/c1-16-13(15)17-12-7-6-10(14)8-11(12)9-4-2-3-5-9/h6-9H,2-5H2,1H3. The lowest BCUT2D eigenvalue weighted by atomic mass is 9.97. The van der Waals surface area contributed by atoms with Crippen molar-refractivity contribution in [3.8, 4) is 5.75 Å². The highest BCUT2D eigenvalue weighted by atomic mass is 35.5. The smallest absolute Gasteiger partial charge is 0.437 e. The van der Waals surface area contributed by atoms with Crippen molar-refractivity contribution >= 4 is 17.8 Å². The van der Waals surface area contributed by atoms with Gasteiger partial charge in [0, 0.05) is 5.02 Å². The van der Waals surface area contributed by atoms with Crippen LogP contribution in [0.2, 0.25) is 5.02 Å². The first-order chi connectivity index (χ1) is 8.20. The summed E-state index contributed by atoms with van der Waals surface area (Å²) in [5.41, 5.74) is 1.01. The number of hydrogen-bond acceptors (Lipinski definition) is 3. The molecule has 0 unspecified atom stereocenters. The molecule has 92 valence electrons. The molecule has 0 N–H and O–H groups in total. The minimum atomic E-state index is -0.688. The Morgan fingerprint density at radius 3 is 2.71 bits per heavy atom. The van der Waals surface area contributed by atoms with Crippen LogP contribution in [0.15, 0.2) is 18.2 Å². The maximum absolute atomic E-state index is 11.2. The zero-order valence-electron chi connectivity index (χ0n) is 9.74. The fraction of sp³-hybridized carbons (Fsp3) is 0.462. The van der Waals surface area contributed by atoms with Gasteiger partial charge >= 0.3 is 6.16 Å². The van der Waals surface area contributed by atoms with Gasteiger partial charge in [0.15, 0.2) is 0 Å². The summed E-state index contributed by atoms with van der Waals surface area (Å²) in [5.74, 6) is 1.00. The summed E-state index contributed by atoms with van der Waals surface area (Å²) in [6, 6.07) is 5.33. The van der Waals surface area contributed by atoms with Crippen LogP contribution in [0.25, 0.3) is 0 Å². The van der Waals surface area contributed by atoms with E-state index in [-0.39, 0.29) is 0 Å². The number of carbonyl (C=O) groups excluding carboxylic acids is 1. The van der Waals surface area contributed by atoms with E-state index < -0.39 is 6.16 Å². The van der Waals surface area contributed by atoms with E-state index >= 15 is 0 Å². The third-order valence-corrected chi connectivity index (χ3v) is 3.36. The third-order valence-electron chi connectivity index (χ3n) is 3.13. The summed E-state index contributed by atoms with van der Waals surface area (Å²) in [4.78, 5) is 11.2. The zero-order chi connectivity index (χ0) is 12.3. The van der Waals surface area contributed by atoms with E-state index in [1.807, 2.05) is 6.07 Å². The molecule has 0 bridgehead atoms. The van der Waals surface area contributed by atoms with Gasteiger partial charge in [-0.1, -0.05) is 24.4 Å². The maximum Gasteiger partial charge on any atom is 0.513 e. The van der Waals surface area contributed by atoms with Crippen LogP contribution in [0, 0.1) is 0 Å². The highest BCUT2D eigenvalue weighted by molar-refractivity contribution is 6.30. The molecule has 1 aliphatic rings. The predicted octanol–water partition coefficient (Wildman–Crippen LogP) is 4.14. The van der Waals surface area contributed by atoms with Crippen LogP contribution in [0.1, 0.15) is 37.2 Å². The van der Waals surface area contributed by atoms with Gasteiger partial charge in [-0.25, -0.2) is 4.79 Å². The van der Waals surface area contributed by atoms with Crippen LogP contribution >= 0.6 is 11.6 Å². The molecule has 4 heteroatoms. The molecular weight excluding hydrogens is 240 g/mol. The molecule has 1 fully saturated rings. The first-order valence-electron chi connectivity index (χ1n) is 5.76. The Morgan fingerprint density at radius 2 is 2.06 bits per heavy atom. The van der Waals surface area contributed by atoms with E-state index in [0.29, 0.717) is 16.7 Å². The highest BCUT2D eigenvalue weighted by Gasteiger charge is 2.22. The monoisotopic (exact) mass is 254 g/mol. The van der Waals surface area contributed by atoms with E-state index in [0.717, 1.165) is 18.4 Å². The van der Waals surface area contributed by atoms with Crippen molar-refractivity contribution in [2.75, 3.05) is 7.11 Å². The Morgan fingerprint density at radius 1 is 1.35 bits per heavy atom. The van der Waals surface area contributed by atoms with Crippen molar-refractivity contribution in [1.82, 2.24) is 0 Å². The van der Waals surface area contributed by atoms with Crippen LogP contribution in [0.4, 0.5) is 4.79 Å². The molecule has 0 aliphatic heterocycles. The molecule has 0 saturated heterocycles. The van der Waals surface area contributed by atoms with E-state index in [1.165, 1.54) is 20.0 Å². The van der Waals surface area contributed by atoms with Gasteiger partial charge in [0.05, 0.1) is 7.11 Å².